The average molecular weight is 376 g/mol. The molecule has 1 heterocycles. The first kappa shape index (κ1) is 19.7. The molecule has 0 aromatic heterocycles. The van der Waals surface area contributed by atoms with Crippen LogP contribution in [-0.2, 0) is 24.2 Å². The summed E-state index contributed by atoms with van der Waals surface area (Å²) in [4.78, 5) is 25.5. The summed E-state index contributed by atoms with van der Waals surface area (Å²) >= 11 is 0. The van der Waals surface area contributed by atoms with E-state index in [0.717, 1.165) is 0 Å². The van der Waals surface area contributed by atoms with E-state index in [0.29, 0.717) is 17.5 Å². The van der Waals surface area contributed by atoms with Gasteiger partial charge in [0.25, 0.3) is 5.91 Å². The number of nitrogens with zero attached hydrogens (tertiary/aromatic N) is 2. The molecule has 0 aliphatic carbocycles. The summed E-state index contributed by atoms with van der Waals surface area (Å²) in [5.74, 6) is -1.11. The SMILES string of the molecule is C[C@H](OC(=O)/C=C/c1ccc(C#N)cc1)C(=O)N(C)[C@H]1CCS(=O)(=O)C1. The van der Waals surface area contributed by atoms with Crippen LogP contribution in [0.2, 0.25) is 0 Å². The topological polar surface area (TPSA) is 105 Å². The third-order valence-electron chi connectivity index (χ3n) is 4.20. The van der Waals surface area contributed by atoms with E-state index < -0.39 is 27.8 Å². The molecule has 1 fully saturated rings. The van der Waals surface area contributed by atoms with Crippen LogP contribution < -0.4 is 0 Å². The highest BCUT2D eigenvalue weighted by atomic mass is 32.2. The minimum absolute atomic E-state index is 0.0610. The average Bonchev–Trinajstić information content (AvgIpc) is 2.98. The standard InChI is InChI=1S/C18H20N2O5S/c1-13(18(22)20(2)16-9-10-26(23,24)12-16)25-17(21)8-7-14-3-5-15(11-19)6-4-14/h3-8,13,16H,9-10,12H2,1-2H3/b8-7+/t13-,16-/m0/s1. The van der Waals surface area contributed by atoms with Crippen molar-refractivity contribution in [3.05, 3.63) is 41.5 Å². The summed E-state index contributed by atoms with van der Waals surface area (Å²) < 4.78 is 28.1. The lowest BCUT2D eigenvalue weighted by atomic mass is 10.1. The third kappa shape index (κ3) is 5.17. The first-order chi connectivity index (χ1) is 12.2. The fourth-order valence-corrected chi connectivity index (χ4v) is 4.42. The summed E-state index contributed by atoms with van der Waals surface area (Å²) in [7, 11) is -1.58. The number of esters is 1. The molecule has 8 heteroatoms. The smallest absolute Gasteiger partial charge is 0.331 e. The second kappa shape index (κ2) is 8.15. The van der Waals surface area contributed by atoms with Crippen LogP contribution in [0.1, 0.15) is 24.5 Å². The predicted molar refractivity (Wildman–Crippen MR) is 95.6 cm³/mol. The minimum atomic E-state index is -3.10. The Kier molecular flexibility index (Phi) is 6.16. The molecule has 0 unspecified atom stereocenters. The van der Waals surface area contributed by atoms with Gasteiger partial charge in [0.1, 0.15) is 0 Å². The number of nitriles is 1. The zero-order valence-corrected chi connectivity index (χ0v) is 15.4. The molecule has 0 radical (unpaired) electrons. The van der Waals surface area contributed by atoms with E-state index >= 15 is 0 Å². The normalized spacial score (nSPS) is 19.7. The van der Waals surface area contributed by atoms with Gasteiger partial charge in [-0.1, -0.05) is 12.1 Å². The van der Waals surface area contributed by atoms with Gasteiger partial charge in [0, 0.05) is 19.2 Å². The van der Waals surface area contributed by atoms with Gasteiger partial charge >= 0.3 is 5.97 Å². The Morgan fingerprint density at radius 1 is 1.35 bits per heavy atom. The van der Waals surface area contributed by atoms with E-state index in [9.17, 15) is 18.0 Å². The van der Waals surface area contributed by atoms with E-state index in [2.05, 4.69) is 0 Å². The van der Waals surface area contributed by atoms with Crippen LogP contribution >= 0.6 is 0 Å². The number of likely N-dealkylation sites (N-methyl/N-ethyl adjacent to an activating group) is 1. The second-order valence-corrected chi connectivity index (χ2v) is 8.38. The number of sulfone groups is 1. The van der Waals surface area contributed by atoms with E-state index in [1.54, 1.807) is 24.3 Å². The maximum absolute atomic E-state index is 12.3. The van der Waals surface area contributed by atoms with Gasteiger partial charge in [0.05, 0.1) is 23.1 Å². The van der Waals surface area contributed by atoms with E-state index in [1.165, 1.54) is 31.0 Å². The van der Waals surface area contributed by atoms with Crippen molar-refractivity contribution in [3.63, 3.8) is 0 Å². The number of benzene rings is 1. The quantitative estimate of drug-likeness (QED) is 0.564. The lowest BCUT2D eigenvalue weighted by Gasteiger charge is -2.26. The molecule has 1 aliphatic rings. The number of carbonyl (C=O) groups is 2. The summed E-state index contributed by atoms with van der Waals surface area (Å²) in [5.41, 5.74) is 1.23. The lowest BCUT2D eigenvalue weighted by Crippen LogP contribution is -2.44. The molecule has 0 saturated carbocycles. The Morgan fingerprint density at radius 3 is 2.54 bits per heavy atom. The molecule has 1 saturated heterocycles. The van der Waals surface area contributed by atoms with Crippen LogP contribution in [0, 0.1) is 11.3 Å². The zero-order valence-electron chi connectivity index (χ0n) is 14.6. The highest BCUT2D eigenvalue weighted by molar-refractivity contribution is 7.91. The molecular weight excluding hydrogens is 356 g/mol. The van der Waals surface area contributed by atoms with Crippen molar-refractivity contribution in [2.75, 3.05) is 18.6 Å². The molecule has 138 valence electrons. The van der Waals surface area contributed by atoms with Gasteiger partial charge in [0.15, 0.2) is 15.9 Å². The molecule has 2 atom stereocenters. The van der Waals surface area contributed by atoms with Crippen LogP contribution in [0.4, 0.5) is 0 Å². The Labute approximate surface area is 152 Å². The van der Waals surface area contributed by atoms with Gasteiger partial charge in [-0.05, 0) is 37.1 Å². The van der Waals surface area contributed by atoms with Crippen molar-refractivity contribution in [2.24, 2.45) is 0 Å². The Hall–Kier alpha value is -2.66. The first-order valence-corrected chi connectivity index (χ1v) is 9.90. The Bertz CT molecular complexity index is 853. The van der Waals surface area contributed by atoms with Gasteiger partial charge in [-0.25, -0.2) is 13.2 Å². The van der Waals surface area contributed by atoms with E-state index in [1.807, 2.05) is 6.07 Å². The van der Waals surface area contributed by atoms with Crippen molar-refractivity contribution in [2.45, 2.75) is 25.5 Å². The van der Waals surface area contributed by atoms with Gasteiger partial charge in [-0.2, -0.15) is 5.26 Å². The first-order valence-electron chi connectivity index (χ1n) is 8.08. The van der Waals surface area contributed by atoms with Crippen molar-refractivity contribution in [1.82, 2.24) is 4.90 Å². The van der Waals surface area contributed by atoms with Crippen LogP contribution in [-0.4, -0.2) is 55.9 Å². The fourth-order valence-electron chi connectivity index (χ4n) is 2.64. The van der Waals surface area contributed by atoms with Gasteiger partial charge in [0.2, 0.25) is 0 Å². The van der Waals surface area contributed by atoms with Gasteiger partial charge in [-0.15, -0.1) is 0 Å². The van der Waals surface area contributed by atoms with Crippen LogP contribution in [0.5, 0.6) is 0 Å². The zero-order chi connectivity index (χ0) is 19.3. The third-order valence-corrected chi connectivity index (χ3v) is 5.95. The minimum Gasteiger partial charge on any atom is -0.449 e. The summed E-state index contributed by atoms with van der Waals surface area (Å²) in [5, 5.41) is 8.74. The largest absolute Gasteiger partial charge is 0.449 e. The molecular formula is C18H20N2O5S. The molecule has 1 aromatic rings. The molecule has 2 rings (SSSR count). The number of hydrogen-bond acceptors (Lipinski definition) is 6. The van der Waals surface area contributed by atoms with Crippen molar-refractivity contribution >= 4 is 27.8 Å². The lowest BCUT2D eigenvalue weighted by molar-refractivity contribution is -0.155. The van der Waals surface area contributed by atoms with E-state index in [-0.39, 0.29) is 17.5 Å². The summed E-state index contributed by atoms with van der Waals surface area (Å²) in [6.07, 6.45) is 2.10. The maximum Gasteiger partial charge on any atom is 0.331 e. The molecule has 26 heavy (non-hydrogen) atoms. The Morgan fingerprint density at radius 2 is 2.00 bits per heavy atom. The van der Waals surface area contributed by atoms with Crippen LogP contribution in [0.25, 0.3) is 6.08 Å². The van der Waals surface area contributed by atoms with Gasteiger partial charge in [-0.3, -0.25) is 4.79 Å². The highest BCUT2D eigenvalue weighted by Crippen LogP contribution is 2.17. The molecule has 1 aliphatic heterocycles. The number of carbonyl (C=O) groups excluding carboxylic acids is 2. The number of rotatable bonds is 5. The number of ether oxygens (including phenoxy) is 1. The van der Waals surface area contributed by atoms with Crippen molar-refractivity contribution in [1.29, 1.82) is 5.26 Å². The van der Waals surface area contributed by atoms with Gasteiger partial charge < -0.3 is 9.64 Å². The monoisotopic (exact) mass is 376 g/mol. The molecule has 1 amide bonds. The molecule has 0 N–H and O–H groups in total. The van der Waals surface area contributed by atoms with Crippen LogP contribution in [0.3, 0.4) is 0 Å². The number of amides is 1. The van der Waals surface area contributed by atoms with Crippen molar-refractivity contribution < 1.29 is 22.7 Å². The highest BCUT2D eigenvalue weighted by Gasteiger charge is 2.34. The molecule has 7 nitrogen and oxygen atoms in total. The maximum atomic E-state index is 12.3. The predicted octanol–water partition coefficient (Wildman–Crippen LogP) is 1.15. The fraction of sp³-hybridized carbons (Fsp3) is 0.389. The van der Waals surface area contributed by atoms with Crippen LogP contribution in [0.15, 0.2) is 30.3 Å². The van der Waals surface area contributed by atoms with E-state index in [4.69, 9.17) is 10.00 Å². The Balaban J connectivity index is 1.90. The molecule has 0 spiro atoms. The summed E-state index contributed by atoms with van der Waals surface area (Å²) in [6, 6.07) is 8.24. The molecule has 0 bridgehead atoms. The number of hydrogen-bond donors (Lipinski definition) is 0. The molecule has 1 aromatic carbocycles. The second-order valence-electron chi connectivity index (χ2n) is 6.15. The summed E-state index contributed by atoms with van der Waals surface area (Å²) in [6.45, 7) is 1.45. The van der Waals surface area contributed by atoms with Crippen molar-refractivity contribution in [3.8, 4) is 6.07 Å².